The molecule has 2 rings (SSSR count). The fourth-order valence-corrected chi connectivity index (χ4v) is 1.95. The predicted octanol–water partition coefficient (Wildman–Crippen LogP) is 3.37. The van der Waals surface area contributed by atoms with Crippen molar-refractivity contribution in [1.29, 1.82) is 0 Å². The van der Waals surface area contributed by atoms with Gasteiger partial charge < -0.3 is 11.1 Å². The molecule has 2 aromatic rings. The van der Waals surface area contributed by atoms with Crippen molar-refractivity contribution in [2.75, 3.05) is 11.1 Å². The summed E-state index contributed by atoms with van der Waals surface area (Å²) in [6, 6.07) is 6.09. The van der Waals surface area contributed by atoms with Crippen molar-refractivity contribution >= 4 is 51.4 Å². The lowest BCUT2D eigenvalue weighted by atomic mass is 10.2. The summed E-state index contributed by atoms with van der Waals surface area (Å²) in [4.78, 5) is 7.88. The highest BCUT2D eigenvalue weighted by molar-refractivity contribution is 14.1. The Morgan fingerprint density at radius 3 is 2.88 bits per heavy atom. The van der Waals surface area contributed by atoms with Crippen LogP contribution in [-0.2, 0) is 0 Å². The van der Waals surface area contributed by atoms with Crippen LogP contribution in [0.15, 0.2) is 24.5 Å². The number of halogens is 2. The third-order valence-electron chi connectivity index (χ3n) is 2.29. The van der Waals surface area contributed by atoms with E-state index in [0.29, 0.717) is 11.5 Å². The van der Waals surface area contributed by atoms with Crippen LogP contribution in [0.5, 0.6) is 0 Å². The summed E-state index contributed by atoms with van der Waals surface area (Å²) in [6.45, 7) is 2.01. The molecule has 0 atom stereocenters. The molecule has 0 saturated carbocycles. The number of nitrogens with zero attached hydrogens (tertiary/aromatic N) is 2. The maximum absolute atomic E-state index is 5.83. The van der Waals surface area contributed by atoms with Crippen LogP contribution in [0, 0.1) is 10.5 Å². The molecule has 1 heterocycles. The van der Waals surface area contributed by atoms with Crippen molar-refractivity contribution in [3.63, 3.8) is 0 Å². The van der Waals surface area contributed by atoms with E-state index in [2.05, 4.69) is 37.9 Å². The van der Waals surface area contributed by atoms with E-state index in [1.54, 1.807) is 0 Å². The highest BCUT2D eigenvalue weighted by atomic mass is 127. The summed E-state index contributed by atoms with van der Waals surface area (Å²) in [5.41, 5.74) is 8.22. The lowest BCUT2D eigenvalue weighted by Gasteiger charge is -2.11. The van der Waals surface area contributed by atoms with Crippen molar-refractivity contribution in [3.05, 3.63) is 38.8 Å². The predicted molar refractivity (Wildman–Crippen MR) is 78.6 cm³/mol. The molecule has 0 radical (unpaired) electrons. The second-order valence-electron chi connectivity index (χ2n) is 3.51. The van der Waals surface area contributed by atoms with Crippen LogP contribution in [0.3, 0.4) is 0 Å². The number of nitrogens with one attached hydrogen (secondary N) is 1. The standard InChI is InChI=1S/C11H10ClIN4/c1-6-2-3-7(13)4-8(6)17-11-9(14)10(12)15-5-16-11/h2-5H,14H2,1H3,(H,15,16,17). The summed E-state index contributed by atoms with van der Waals surface area (Å²) in [5.74, 6) is 0.523. The number of aryl methyl sites for hydroxylation is 1. The average molecular weight is 361 g/mol. The minimum Gasteiger partial charge on any atom is -0.393 e. The van der Waals surface area contributed by atoms with E-state index in [1.165, 1.54) is 6.33 Å². The number of rotatable bonds is 2. The average Bonchev–Trinajstić information content (AvgIpc) is 2.30. The fourth-order valence-electron chi connectivity index (χ4n) is 1.33. The fraction of sp³-hybridized carbons (Fsp3) is 0.0909. The zero-order chi connectivity index (χ0) is 12.4. The van der Waals surface area contributed by atoms with Gasteiger partial charge in [-0.05, 0) is 47.2 Å². The molecule has 0 unspecified atom stereocenters. The molecular weight excluding hydrogens is 351 g/mol. The Balaban J connectivity index is 2.38. The molecule has 17 heavy (non-hydrogen) atoms. The lowest BCUT2D eigenvalue weighted by molar-refractivity contribution is 1.17. The molecule has 0 saturated heterocycles. The zero-order valence-corrected chi connectivity index (χ0v) is 12.0. The molecule has 3 N–H and O–H groups in total. The summed E-state index contributed by atoms with van der Waals surface area (Å²) >= 11 is 8.08. The van der Waals surface area contributed by atoms with Crippen molar-refractivity contribution in [2.45, 2.75) is 6.92 Å². The van der Waals surface area contributed by atoms with Crippen molar-refractivity contribution < 1.29 is 0 Å². The van der Waals surface area contributed by atoms with Gasteiger partial charge in [-0.15, -0.1) is 0 Å². The second kappa shape index (κ2) is 5.05. The summed E-state index contributed by atoms with van der Waals surface area (Å²) < 4.78 is 1.13. The van der Waals surface area contributed by atoms with Crippen LogP contribution in [0.4, 0.5) is 17.2 Å². The Morgan fingerprint density at radius 2 is 2.12 bits per heavy atom. The molecule has 0 spiro atoms. The van der Waals surface area contributed by atoms with E-state index in [4.69, 9.17) is 17.3 Å². The normalized spacial score (nSPS) is 10.3. The number of anilines is 3. The van der Waals surface area contributed by atoms with E-state index in [0.717, 1.165) is 14.8 Å². The molecular formula is C11H10ClIN4. The van der Waals surface area contributed by atoms with Gasteiger partial charge in [-0.3, -0.25) is 0 Å². The largest absolute Gasteiger partial charge is 0.393 e. The van der Waals surface area contributed by atoms with Gasteiger partial charge in [0.2, 0.25) is 0 Å². The van der Waals surface area contributed by atoms with Crippen molar-refractivity contribution in [3.8, 4) is 0 Å². The maximum atomic E-state index is 5.83. The minimum atomic E-state index is 0.255. The van der Waals surface area contributed by atoms with Crippen LogP contribution in [0.2, 0.25) is 5.15 Å². The first-order valence-electron chi connectivity index (χ1n) is 4.87. The number of nitrogens with two attached hydrogens (primary N) is 1. The molecule has 88 valence electrons. The van der Waals surface area contributed by atoms with E-state index < -0.39 is 0 Å². The Morgan fingerprint density at radius 1 is 1.35 bits per heavy atom. The molecule has 0 aliphatic carbocycles. The molecule has 1 aromatic heterocycles. The summed E-state index contributed by atoms with van der Waals surface area (Å²) in [6.07, 6.45) is 1.38. The molecule has 1 aromatic carbocycles. The van der Waals surface area contributed by atoms with Gasteiger partial charge in [-0.1, -0.05) is 17.7 Å². The maximum Gasteiger partial charge on any atom is 0.158 e. The first-order chi connectivity index (χ1) is 8.08. The van der Waals surface area contributed by atoms with Crippen molar-refractivity contribution in [1.82, 2.24) is 9.97 Å². The van der Waals surface area contributed by atoms with Crippen LogP contribution in [0.25, 0.3) is 0 Å². The van der Waals surface area contributed by atoms with E-state index >= 15 is 0 Å². The number of aromatic nitrogens is 2. The van der Waals surface area contributed by atoms with Gasteiger partial charge in [0, 0.05) is 9.26 Å². The van der Waals surface area contributed by atoms with E-state index in [9.17, 15) is 0 Å². The minimum absolute atomic E-state index is 0.255. The van der Waals surface area contributed by atoms with Crippen LogP contribution in [0.1, 0.15) is 5.56 Å². The summed E-state index contributed by atoms with van der Waals surface area (Å²) in [7, 11) is 0. The van der Waals surface area contributed by atoms with Crippen LogP contribution in [-0.4, -0.2) is 9.97 Å². The Labute approximate surface area is 118 Å². The van der Waals surface area contributed by atoms with Gasteiger partial charge in [0.15, 0.2) is 11.0 Å². The topological polar surface area (TPSA) is 63.8 Å². The number of nitrogen functional groups attached to an aromatic ring is 1. The van der Waals surface area contributed by atoms with Crippen LogP contribution >= 0.6 is 34.2 Å². The zero-order valence-electron chi connectivity index (χ0n) is 9.04. The highest BCUT2D eigenvalue weighted by Gasteiger charge is 2.07. The second-order valence-corrected chi connectivity index (χ2v) is 5.11. The summed E-state index contributed by atoms with van der Waals surface area (Å²) in [5, 5.41) is 3.41. The molecule has 0 bridgehead atoms. The Kier molecular flexibility index (Phi) is 3.68. The first kappa shape index (κ1) is 12.4. The van der Waals surface area contributed by atoms with Gasteiger partial charge in [-0.2, -0.15) is 0 Å². The van der Waals surface area contributed by atoms with E-state index in [-0.39, 0.29) is 5.15 Å². The van der Waals surface area contributed by atoms with Gasteiger partial charge in [-0.25, -0.2) is 9.97 Å². The number of hydrogen-bond acceptors (Lipinski definition) is 4. The first-order valence-corrected chi connectivity index (χ1v) is 6.32. The molecule has 0 aliphatic heterocycles. The van der Waals surface area contributed by atoms with Gasteiger partial charge in [0.1, 0.15) is 12.0 Å². The monoisotopic (exact) mass is 360 g/mol. The van der Waals surface area contributed by atoms with E-state index in [1.807, 2.05) is 25.1 Å². The van der Waals surface area contributed by atoms with Gasteiger partial charge >= 0.3 is 0 Å². The molecule has 0 amide bonds. The van der Waals surface area contributed by atoms with Crippen LogP contribution < -0.4 is 11.1 Å². The number of benzene rings is 1. The van der Waals surface area contributed by atoms with Gasteiger partial charge in [0.25, 0.3) is 0 Å². The van der Waals surface area contributed by atoms with Crippen molar-refractivity contribution in [2.24, 2.45) is 0 Å². The molecule has 0 aliphatic rings. The van der Waals surface area contributed by atoms with Gasteiger partial charge in [0.05, 0.1) is 0 Å². The third kappa shape index (κ3) is 2.78. The SMILES string of the molecule is Cc1ccc(I)cc1Nc1ncnc(Cl)c1N. The smallest absolute Gasteiger partial charge is 0.158 e. The Hall–Kier alpha value is -1.08. The molecule has 6 heteroatoms. The third-order valence-corrected chi connectivity index (χ3v) is 3.26. The lowest BCUT2D eigenvalue weighted by Crippen LogP contribution is -2.02. The highest BCUT2D eigenvalue weighted by Crippen LogP contribution is 2.27. The number of hydrogen-bond donors (Lipinski definition) is 2. The Bertz CT molecular complexity index is 559. The quantitative estimate of drug-likeness (QED) is 0.637. The molecule has 0 fully saturated rings. The molecule has 4 nitrogen and oxygen atoms in total.